The molecule has 0 aliphatic carbocycles. The second kappa shape index (κ2) is 7.89. The number of imidazole rings is 2. The summed E-state index contributed by atoms with van der Waals surface area (Å²) in [7, 11) is 0. The number of rotatable bonds is 4. The summed E-state index contributed by atoms with van der Waals surface area (Å²) in [6.07, 6.45) is 1.68. The van der Waals surface area contributed by atoms with Crippen molar-refractivity contribution in [1.29, 1.82) is 0 Å². The van der Waals surface area contributed by atoms with Crippen molar-refractivity contribution in [3.05, 3.63) is 87.4 Å². The van der Waals surface area contributed by atoms with Crippen LogP contribution in [0, 0.1) is 11.7 Å². The van der Waals surface area contributed by atoms with Gasteiger partial charge in [-0.05, 0) is 61.6 Å². The van der Waals surface area contributed by atoms with E-state index in [1.165, 1.54) is 0 Å². The molecular weight excluding hydrogens is 449 g/mol. The molecule has 31 heavy (non-hydrogen) atoms. The van der Waals surface area contributed by atoms with Gasteiger partial charge in [-0.25, -0.2) is 4.98 Å². The van der Waals surface area contributed by atoms with Crippen molar-refractivity contribution in [3.63, 3.8) is 0 Å². The van der Waals surface area contributed by atoms with E-state index in [-0.39, 0.29) is 0 Å². The number of hydrogen-bond donors (Lipinski definition) is 3. The Morgan fingerprint density at radius 1 is 1.03 bits per heavy atom. The zero-order valence-corrected chi connectivity index (χ0v) is 18.7. The van der Waals surface area contributed by atoms with Crippen molar-refractivity contribution in [1.82, 2.24) is 19.5 Å². The van der Waals surface area contributed by atoms with Gasteiger partial charge in [-0.15, -0.1) is 0 Å². The molecule has 5 nitrogen and oxygen atoms in total. The van der Waals surface area contributed by atoms with Crippen molar-refractivity contribution in [3.8, 4) is 16.9 Å². The van der Waals surface area contributed by atoms with Gasteiger partial charge in [0.2, 0.25) is 0 Å². The van der Waals surface area contributed by atoms with Crippen molar-refractivity contribution < 1.29 is 0 Å². The molecule has 0 atom stereocenters. The second-order valence-corrected chi connectivity index (χ2v) is 8.44. The maximum atomic E-state index is 6.41. The molecule has 0 radical (unpaired) electrons. The van der Waals surface area contributed by atoms with Gasteiger partial charge in [0.15, 0.2) is 4.77 Å². The average Bonchev–Trinajstić information content (AvgIpc) is 3.34. The van der Waals surface area contributed by atoms with E-state index in [1.54, 1.807) is 24.5 Å². The Morgan fingerprint density at radius 2 is 1.90 bits per heavy atom. The quantitative estimate of drug-likeness (QED) is 0.241. The van der Waals surface area contributed by atoms with Gasteiger partial charge in [0.25, 0.3) is 0 Å². The molecule has 3 aromatic carbocycles. The fraction of sp³-hybridized carbons (Fsp3) is 0.0435. The van der Waals surface area contributed by atoms with Crippen LogP contribution in [0.4, 0.5) is 11.5 Å². The maximum Gasteiger partial charge on any atom is 0.183 e. The summed E-state index contributed by atoms with van der Waals surface area (Å²) in [4.78, 5) is 10.8. The van der Waals surface area contributed by atoms with E-state index >= 15 is 0 Å². The minimum atomic E-state index is 0.552. The molecule has 0 saturated carbocycles. The smallest absolute Gasteiger partial charge is 0.183 e. The highest BCUT2D eigenvalue weighted by atomic mass is 35.5. The second-order valence-electron chi connectivity index (χ2n) is 7.21. The third-order valence-corrected chi connectivity index (χ3v) is 5.89. The fourth-order valence-corrected chi connectivity index (χ4v) is 4.26. The molecule has 0 amide bonds. The Labute approximate surface area is 193 Å². The van der Waals surface area contributed by atoms with Crippen LogP contribution in [0.3, 0.4) is 0 Å². The largest absolute Gasteiger partial charge is 0.345 e. The number of H-pyrrole nitrogens is 2. The minimum absolute atomic E-state index is 0.552. The molecule has 0 aliphatic rings. The summed E-state index contributed by atoms with van der Waals surface area (Å²) in [5.74, 6) is 0.726. The number of anilines is 2. The van der Waals surface area contributed by atoms with Crippen LogP contribution in [0.25, 0.3) is 28.0 Å². The van der Waals surface area contributed by atoms with E-state index in [2.05, 4.69) is 45.4 Å². The monoisotopic (exact) mass is 465 g/mol. The number of aromatic nitrogens is 4. The lowest BCUT2D eigenvalue weighted by molar-refractivity contribution is 1.04. The molecule has 0 unspecified atom stereocenters. The zero-order valence-electron chi connectivity index (χ0n) is 16.4. The number of aromatic amines is 2. The van der Waals surface area contributed by atoms with Gasteiger partial charge >= 0.3 is 0 Å². The molecule has 0 bridgehead atoms. The van der Waals surface area contributed by atoms with Gasteiger partial charge in [0, 0.05) is 10.6 Å². The van der Waals surface area contributed by atoms with Gasteiger partial charge < -0.3 is 15.3 Å². The SMILES string of the molecule is Cc1cccc(-c2c(Nc3cc(Cl)ccc3Cl)[nH]c(=S)n2-c2ccc3nc[nH]c3c2)c1. The van der Waals surface area contributed by atoms with Crippen LogP contribution in [0.2, 0.25) is 10.0 Å². The van der Waals surface area contributed by atoms with Crippen LogP contribution in [0.5, 0.6) is 0 Å². The molecule has 2 aromatic heterocycles. The molecule has 0 aliphatic heterocycles. The van der Waals surface area contributed by atoms with Crippen molar-refractivity contribution in [2.75, 3.05) is 5.32 Å². The van der Waals surface area contributed by atoms with E-state index < -0.39 is 0 Å². The molecule has 2 heterocycles. The molecule has 5 aromatic rings. The predicted molar refractivity (Wildman–Crippen MR) is 131 cm³/mol. The van der Waals surface area contributed by atoms with Crippen LogP contribution in [0.1, 0.15) is 5.56 Å². The van der Waals surface area contributed by atoms with Crippen LogP contribution in [0.15, 0.2) is 67.0 Å². The maximum absolute atomic E-state index is 6.41. The lowest BCUT2D eigenvalue weighted by atomic mass is 10.1. The number of halogens is 2. The highest BCUT2D eigenvalue weighted by Gasteiger charge is 2.18. The van der Waals surface area contributed by atoms with Crippen LogP contribution in [-0.2, 0) is 0 Å². The van der Waals surface area contributed by atoms with Crippen molar-refractivity contribution in [2.24, 2.45) is 0 Å². The summed E-state index contributed by atoms with van der Waals surface area (Å²) >= 11 is 18.3. The summed E-state index contributed by atoms with van der Waals surface area (Å²) < 4.78 is 2.56. The summed E-state index contributed by atoms with van der Waals surface area (Å²) in [6, 6.07) is 19.6. The molecule has 154 valence electrons. The Morgan fingerprint density at radius 3 is 2.74 bits per heavy atom. The third kappa shape index (κ3) is 3.74. The van der Waals surface area contributed by atoms with E-state index in [0.29, 0.717) is 20.5 Å². The summed E-state index contributed by atoms with van der Waals surface area (Å²) in [5, 5.41) is 4.53. The standard InChI is InChI=1S/C23H17Cl2N5S/c1-13-3-2-4-14(9-13)21-22(28-19-10-15(24)5-7-17(19)25)29-23(31)30(21)16-6-8-18-20(11-16)27-12-26-18/h2-12,28H,1H3,(H,26,27)(H,29,31). The molecule has 8 heteroatoms. The number of benzene rings is 3. The number of nitrogens with one attached hydrogen (secondary N) is 3. The highest BCUT2D eigenvalue weighted by Crippen LogP contribution is 2.36. The van der Waals surface area contributed by atoms with Crippen LogP contribution in [-0.4, -0.2) is 19.5 Å². The van der Waals surface area contributed by atoms with Gasteiger partial charge in [-0.3, -0.25) is 4.57 Å². The molecule has 5 rings (SSSR count). The highest BCUT2D eigenvalue weighted by molar-refractivity contribution is 7.71. The Hall–Kier alpha value is -3.06. The van der Waals surface area contributed by atoms with E-state index in [1.807, 2.05) is 28.8 Å². The first-order chi connectivity index (χ1) is 15.0. The number of fused-ring (bicyclic) bond motifs is 1. The summed E-state index contributed by atoms with van der Waals surface area (Å²) in [6.45, 7) is 2.06. The number of aryl methyl sites for hydroxylation is 1. The first kappa shape index (κ1) is 19.9. The molecular formula is C23H17Cl2N5S. The Bertz CT molecular complexity index is 1480. The van der Waals surface area contributed by atoms with Gasteiger partial charge in [0.1, 0.15) is 5.82 Å². The normalized spacial score (nSPS) is 11.2. The lowest BCUT2D eigenvalue weighted by Crippen LogP contribution is -2.00. The first-order valence-corrected chi connectivity index (χ1v) is 10.7. The van der Waals surface area contributed by atoms with Gasteiger partial charge in [-0.2, -0.15) is 0 Å². The zero-order chi connectivity index (χ0) is 21.5. The molecule has 3 N–H and O–H groups in total. The lowest BCUT2D eigenvalue weighted by Gasteiger charge is -2.13. The van der Waals surface area contributed by atoms with Gasteiger partial charge in [0.05, 0.1) is 39.5 Å². The first-order valence-electron chi connectivity index (χ1n) is 9.57. The Kier molecular flexibility index (Phi) is 5.06. The molecule has 0 fully saturated rings. The Balaban J connectivity index is 1.74. The number of hydrogen-bond acceptors (Lipinski definition) is 3. The van der Waals surface area contributed by atoms with E-state index in [4.69, 9.17) is 35.4 Å². The summed E-state index contributed by atoms with van der Waals surface area (Å²) in [5.41, 5.74) is 6.48. The predicted octanol–water partition coefficient (Wildman–Crippen LogP) is 7.44. The molecule has 0 saturated heterocycles. The van der Waals surface area contributed by atoms with E-state index in [0.717, 1.165) is 39.4 Å². The fourth-order valence-electron chi connectivity index (χ4n) is 3.63. The topological polar surface area (TPSA) is 61.4 Å². The van der Waals surface area contributed by atoms with Crippen LogP contribution < -0.4 is 5.32 Å². The molecule has 0 spiro atoms. The third-order valence-electron chi connectivity index (χ3n) is 5.04. The van der Waals surface area contributed by atoms with Gasteiger partial charge in [-0.1, -0.05) is 47.0 Å². The average molecular weight is 466 g/mol. The number of nitrogens with zero attached hydrogens (tertiary/aromatic N) is 2. The van der Waals surface area contributed by atoms with E-state index in [9.17, 15) is 0 Å². The van der Waals surface area contributed by atoms with Crippen molar-refractivity contribution in [2.45, 2.75) is 6.92 Å². The van der Waals surface area contributed by atoms with Crippen molar-refractivity contribution >= 4 is 58.0 Å². The van der Waals surface area contributed by atoms with Crippen LogP contribution >= 0.6 is 35.4 Å². The minimum Gasteiger partial charge on any atom is -0.345 e.